The van der Waals surface area contributed by atoms with Crippen molar-refractivity contribution < 1.29 is 14.6 Å². The van der Waals surface area contributed by atoms with Crippen LogP contribution in [0, 0.1) is 0 Å². The molecule has 1 aliphatic carbocycles. The smallest absolute Gasteiger partial charge is 0.319 e. The van der Waals surface area contributed by atoms with Crippen molar-refractivity contribution in [2.24, 2.45) is 0 Å². The van der Waals surface area contributed by atoms with Crippen LogP contribution in [0.3, 0.4) is 0 Å². The summed E-state index contributed by atoms with van der Waals surface area (Å²) in [4.78, 5) is 11.3. The molecule has 0 saturated heterocycles. The second-order valence-corrected chi connectivity index (χ2v) is 6.46. The standard InChI is InChI=1S/C12H22O3S/c1-12(11(13)14,8-9-15-2)16-10-6-4-3-5-7-10/h10H,3-9H2,1-2H3,(H,13,14). The Morgan fingerprint density at radius 2 is 2.06 bits per heavy atom. The van der Waals surface area contributed by atoms with Crippen LogP contribution in [0.4, 0.5) is 0 Å². The van der Waals surface area contributed by atoms with Gasteiger partial charge in [-0.2, -0.15) is 0 Å². The highest BCUT2D eigenvalue weighted by Crippen LogP contribution is 2.39. The van der Waals surface area contributed by atoms with Gasteiger partial charge >= 0.3 is 5.97 Å². The fourth-order valence-electron chi connectivity index (χ4n) is 2.06. The molecule has 1 rings (SSSR count). The summed E-state index contributed by atoms with van der Waals surface area (Å²) in [5.74, 6) is -0.708. The number of carboxylic acid groups (broad SMARTS) is 1. The Labute approximate surface area is 102 Å². The minimum atomic E-state index is -0.708. The Balaban J connectivity index is 2.51. The quantitative estimate of drug-likeness (QED) is 0.782. The van der Waals surface area contributed by atoms with Crippen molar-refractivity contribution in [3.05, 3.63) is 0 Å². The molecule has 0 aromatic heterocycles. The Morgan fingerprint density at radius 3 is 2.56 bits per heavy atom. The Morgan fingerprint density at radius 1 is 1.44 bits per heavy atom. The largest absolute Gasteiger partial charge is 0.480 e. The number of ether oxygens (including phenoxy) is 1. The predicted molar refractivity (Wildman–Crippen MR) is 67.0 cm³/mol. The maximum Gasteiger partial charge on any atom is 0.319 e. The molecule has 0 aliphatic heterocycles. The lowest BCUT2D eigenvalue weighted by Crippen LogP contribution is -2.35. The topological polar surface area (TPSA) is 46.5 Å². The van der Waals surface area contributed by atoms with Crippen LogP contribution in [-0.4, -0.2) is 34.8 Å². The molecule has 0 heterocycles. The van der Waals surface area contributed by atoms with Gasteiger partial charge in [-0.25, -0.2) is 0 Å². The van der Waals surface area contributed by atoms with E-state index in [-0.39, 0.29) is 0 Å². The summed E-state index contributed by atoms with van der Waals surface area (Å²) in [5.41, 5.74) is 0. The van der Waals surface area contributed by atoms with Crippen LogP contribution in [-0.2, 0) is 9.53 Å². The summed E-state index contributed by atoms with van der Waals surface area (Å²) in [6.45, 7) is 2.34. The lowest BCUT2D eigenvalue weighted by molar-refractivity contribution is -0.139. The van der Waals surface area contributed by atoms with Crippen LogP contribution in [0.15, 0.2) is 0 Å². The molecule has 1 aliphatic rings. The van der Waals surface area contributed by atoms with Crippen LogP contribution >= 0.6 is 11.8 Å². The molecule has 1 saturated carbocycles. The number of rotatable bonds is 6. The van der Waals surface area contributed by atoms with Crippen LogP contribution in [0.1, 0.15) is 45.4 Å². The first-order valence-corrected chi connectivity index (χ1v) is 6.86. The SMILES string of the molecule is COCCC(C)(SC1CCCCC1)C(=O)O. The molecule has 16 heavy (non-hydrogen) atoms. The first-order chi connectivity index (χ1) is 7.58. The van der Waals surface area contributed by atoms with Crippen molar-refractivity contribution in [1.29, 1.82) is 0 Å². The van der Waals surface area contributed by atoms with Crippen molar-refractivity contribution in [2.75, 3.05) is 13.7 Å². The van der Waals surface area contributed by atoms with Gasteiger partial charge < -0.3 is 9.84 Å². The van der Waals surface area contributed by atoms with Gasteiger partial charge in [0.25, 0.3) is 0 Å². The van der Waals surface area contributed by atoms with Gasteiger partial charge in [-0.3, -0.25) is 4.79 Å². The number of carboxylic acids is 1. The molecule has 0 aromatic carbocycles. The zero-order chi connectivity index (χ0) is 12.0. The minimum absolute atomic E-state index is 0.516. The second kappa shape index (κ2) is 6.50. The zero-order valence-electron chi connectivity index (χ0n) is 10.2. The van der Waals surface area contributed by atoms with Crippen LogP contribution in [0.25, 0.3) is 0 Å². The highest BCUT2D eigenvalue weighted by atomic mass is 32.2. The number of methoxy groups -OCH3 is 1. The number of thioether (sulfide) groups is 1. The first-order valence-electron chi connectivity index (χ1n) is 5.98. The van der Waals surface area contributed by atoms with E-state index in [4.69, 9.17) is 4.74 Å². The predicted octanol–water partition coefficient (Wildman–Crippen LogP) is 2.93. The van der Waals surface area contributed by atoms with E-state index in [0.29, 0.717) is 18.3 Å². The molecule has 1 N–H and O–H groups in total. The summed E-state index contributed by atoms with van der Waals surface area (Å²) >= 11 is 1.64. The molecule has 0 radical (unpaired) electrons. The van der Waals surface area contributed by atoms with E-state index in [0.717, 1.165) is 0 Å². The van der Waals surface area contributed by atoms with Gasteiger partial charge in [0.1, 0.15) is 4.75 Å². The third kappa shape index (κ3) is 3.98. The molecule has 0 amide bonds. The fourth-order valence-corrected chi connectivity index (χ4v) is 3.67. The van der Waals surface area contributed by atoms with Gasteiger partial charge in [0.05, 0.1) is 0 Å². The van der Waals surface area contributed by atoms with Crippen LogP contribution < -0.4 is 0 Å². The van der Waals surface area contributed by atoms with E-state index in [1.807, 2.05) is 6.92 Å². The number of hydrogen-bond acceptors (Lipinski definition) is 3. The lowest BCUT2D eigenvalue weighted by Gasteiger charge is -2.31. The fraction of sp³-hybridized carbons (Fsp3) is 0.917. The van der Waals surface area contributed by atoms with Gasteiger partial charge in [0, 0.05) is 19.0 Å². The maximum atomic E-state index is 11.3. The van der Waals surface area contributed by atoms with Crippen LogP contribution in [0.2, 0.25) is 0 Å². The Bertz CT molecular complexity index is 226. The number of aliphatic carboxylic acids is 1. The van der Waals surface area contributed by atoms with Crippen molar-refractivity contribution in [2.45, 2.75) is 55.4 Å². The highest BCUT2D eigenvalue weighted by Gasteiger charge is 2.36. The Kier molecular flexibility index (Phi) is 5.62. The van der Waals surface area contributed by atoms with E-state index >= 15 is 0 Å². The molecular formula is C12H22O3S. The maximum absolute atomic E-state index is 11.3. The Hall–Kier alpha value is -0.220. The summed E-state index contributed by atoms with van der Waals surface area (Å²) in [7, 11) is 1.62. The van der Waals surface area contributed by atoms with E-state index in [1.165, 1.54) is 32.1 Å². The van der Waals surface area contributed by atoms with Crippen molar-refractivity contribution in [3.63, 3.8) is 0 Å². The average molecular weight is 246 g/mol. The van der Waals surface area contributed by atoms with E-state index in [1.54, 1.807) is 18.9 Å². The van der Waals surface area contributed by atoms with E-state index in [9.17, 15) is 9.90 Å². The van der Waals surface area contributed by atoms with Crippen molar-refractivity contribution in [1.82, 2.24) is 0 Å². The lowest BCUT2D eigenvalue weighted by atomic mass is 10.0. The van der Waals surface area contributed by atoms with Crippen molar-refractivity contribution >= 4 is 17.7 Å². The van der Waals surface area contributed by atoms with Gasteiger partial charge in [-0.1, -0.05) is 19.3 Å². The molecule has 0 aromatic rings. The molecule has 3 nitrogen and oxygen atoms in total. The summed E-state index contributed by atoms with van der Waals surface area (Å²) in [6, 6.07) is 0. The number of hydrogen-bond donors (Lipinski definition) is 1. The summed E-state index contributed by atoms with van der Waals surface area (Å²) in [6.07, 6.45) is 6.72. The third-order valence-corrected chi connectivity index (χ3v) is 4.92. The molecule has 4 heteroatoms. The van der Waals surface area contributed by atoms with Gasteiger partial charge in [-0.15, -0.1) is 11.8 Å². The van der Waals surface area contributed by atoms with Gasteiger partial charge in [0.2, 0.25) is 0 Å². The van der Waals surface area contributed by atoms with E-state index < -0.39 is 10.7 Å². The second-order valence-electron chi connectivity index (χ2n) is 4.66. The minimum Gasteiger partial charge on any atom is -0.480 e. The van der Waals surface area contributed by atoms with E-state index in [2.05, 4.69) is 0 Å². The summed E-state index contributed by atoms with van der Waals surface area (Å²) in [5, 5.41) is 9.83. The van der Waals surface area contributed by atoms with Gasteiger partial charge in [0.15, 0.2) is 0 Å². The average Bonchev–Trinajstić information content (AvgIpc) is 2.27. The third-order valence-electron chi connectivity index (χ3n) is 3.21. The molecular weight excluding hydrogens is 224 g/mol. The van der Waals surface area contributed by atoms with Gasteiger partial charge in [-0.05, 0) is 26.2 Å². The molecule has 0 bridgehead atoms. The highest BCUT2D eigenvalue weighted by molar-refractivity contribution is 8.01. The molecule has 1 unspecified atom stereocenters. The normalized spacial score (nSPS) is 21.6. The molecule has 0 spiro atoms. The van der Waals surface area contributed by atoms with Crippen LogP contribution in [0.5, 0.6) is 0 Å². The molecule has 94 valence electrons. The number of carbonyl (C=O) groups is 1. The van der Waals surface area contributed by atoms with Crippen molar-refractivity contribution in [3.8, 4) is 0 Å². The molecule has 1 atom stereocenters. The summed E-state index contributed by atoms with van der Waals surface area (Å²) < 4.78 is 4.32. The molecule has 1 fully saturated rings. The monoisotopic (exact) mass is 246 g/mol. The zero-order valence-corrected chi connectivity index (χ0v) is 11.0. The first kappa shape index (κ1) is 13.8.